The van der Waals surface area contributed by atoms with E-state index in [0.29, 0.717) is 0 Å². The number of ether oxygens (including phenoxy) is 1. The smallest absolute Gasteiger partial charge is 0.254 e. The number of nitrogens with zero attached hydrogens (tertiary/aromatic N) is 2. The summed E-state index contributed by atoms with van der Waals surface area (Å²) in [5, 5.41) is 0. The molecule has 0 atom stereocenters. The Labute approximate surface area is 147 Å². The summed E-state index contributed by atoms with van der Waals surface area (Å²) in [5.41, 5.74) is 0.816. The Hall–Kier alpha value is -2.01. The van der Waals surface area contributed by atoms with Gasteiger partial charge in [0.05, 0.1) is 11.8 Å². The molecule has 1 saturated heterocycles. The minimum atomic E-state index is 0.131. The molecule has 0 bridgehead atoms. The number of aromatic nitrogens is 1. The third kappa shape index (κ3) is 4.09. The van der Waals surface area contributed by atoms with Gasteiger partial charge < -0.3 is 9.64 Å². The van der Waals surface area contributed by atoms with Gasteiger partial charge in [-0.25, -0.2) is 0 Å². The van der Waals surface area contributed by atoms with Crippen molar-refractivity contribution in [3.05, 3.63) is 54.4 Å². The minimum Gasteiger partial charge on any atom is -0.489 e. The molecule has 0 N–H and O–H groups in total. The SMILES string of the molecule is CCSc1ccccc1C(=O)N1CCC(Oc2cccnc2)CC1. The molecular weight excluding hydrogens is 320 g/mol. The number of hydrogen-bond donors (Lipinski definition) is 0. The Kier molecular flexibility index (Phi) is 5.75. The molecule has 1 fully saturated rings. The summed E-state index contributed by atoms with van der Waals surface area (Å²) in [7, 11) is 0. The van der Waals surface area contributed by atoms with E-state index in [0.717, 1.165) is 47.9 Å². The zero-order chi connectivity index (χ0) is 16.8. The third-order valence-corrected chi connectivity index (χ3v) is 5.04. The van der Waals surface area contributed by atoms with Crippen LogP contribution in [0.1, 0.15) is 30.1 Å². The van der Waals surface area contributed by atoms with Crippen molar-refractivity contribution < 1.29 is 9.53 Å². The number of carbonyl (C=O) groups is 1. The summed E-state index contributed by atoms with van der Waals surface area (Å²) >= 11 is 1.72. The molecule has 0 unspecified atom stereocenters. The van der Waals surface area contributed by atoms with Crippen LogP contribution in [0.25, 0.3) is 0 Å². The van der Waals surface area contributed by atoms with Gasteiger partial charge >= 0.3 is 0 Å². The van der Waals surface area contributed by atoms with E-state index >= 15 is 0 Å². The Morgan fingerprint density at radius 2 is 2.04 bits per heavy atom. The molecule has 1 aromatic carbocycles. The van der Waals surface area contributed by atoms with Crippen molar-refractivity contribution in [2.75, 3.05) is 18.8 Å². The second-order valence-electron chi connectivity index (χ2n) is 5.73. The van der Waals surface area contributed by atoms with Gasteiger partial charge in [0, 0.05) is 37.0 Å². The van der Waals surface area contributed by atoms with Crippen molar-refractivity contribution >= 4 is 17.7 Å². The highest BCUT2D eigenvalue weighted by Crippen LogP contribution is 2.25. The fraction of sp³-hybridized carbons (Fsp3) is 0.368. The van der Waals surface area contributed by atoms with Gasteiger partial charge in [-0.3, -0.25) is 9.78 Å². The largest absolute Gasteiger partial charge is 0.489 e. The van der Waals surface area contributed by atoms with Crippen LogP contribution in [0.15, 0.2) is 53.7 Å². The van der Waals surface area contributed by atoms with Crippen molar-refractivity contribution in [1.29, 1.82) is 0 Å². The number of piperidine rings is 1. The van der Waals surface area contributed by atoms with Gasteiger partial charge in [0.15, 0.2) is 0 Å². The van der Waals surface area contributed by atoms with Gasteiger partial charge in [-0.1, -0.05) is 19.1 Å². The molecule has 24 heavy (non-hydrogen) atoms. The van der Waals surface area contributed by atoms with Crippen molar-refractivity contribution in [1.82, 2.24) is 9.88 Å². The summed E-state index contributed by atoms with van der Waals surface area (Å²) in [5.74, 6) is 1.89. The predicted octanol–water partition coefficient (Wildman–Crippen LogP) is 3.88. The maximum atomic E-state index is 12.8. The number of amides is 1. The van der Waals surface area contributed by atoms with Gasteiger partial charge in [0.1, 0.15) is 11.9 Å². The highest BCUT2D eigenvalue weighted by Gasteiger charge is 2.25. The van der Waals surface area contributed by atoms with E-state index in [-0.39, 0.29) is 12.0 Å². The van der Waals surface area contributed by atoms with E-state index in [1.165, 1.54) is 0 Å². The zero-order valence-electron chi connectivity index (χ0n) is 13.9. The van der Waals surface area contributed by atoms with Gasteiger partial charge in [-0.15, -0.1) is 11.8 Å². The minimum absolute atomic E-state index is 0.131. The molecule has 1 aliphatic rings. The fourth-order valence-electron chi connectivity index (χ4n) is 2.88. The van der Waals surface area contributed by atoms with Crippen LogP contribution in [-0.2, 0) is 0 Å². The molecular formula is C19H22N2O2S. The second kappa shape index (κ2) is 8.20. The molecule has 1 amide bonds. The summed E-state index contributed by atoms with van der Waals surface area (Å²) in [6.07, 6.45) is 5.32. The molecule has 0 radical (unpaired) electrons. The molecule has 1 aromatic heterocycles. The first-order valence-corrected chi connectivity index (χ1v) is 9.34. The first kappa shape index (κ1) is 16.8. The number of hydrogen-bond acceptors (Lipinski definition) is 4. The highest BCUT2D eigenvalue weighted by molar-refractivity contribution is 7.99. The first-order chi connectivity index (χ1) is 11.8. The lowest BCUT2D eigenvalue weighted by Crippen LogP contribution is -2.42. The van der Waals surface area contributed by atoms with Crippen molar-refractivity contribution in [2.24, 2.45) is 0 Å². The maximum absolute atomic E-state index is 12.8. The molecule has 3 rings (SSSR count). The van der Waals surface area contributed by atoms with Crippen molar-refractivity contribution in [3.63, 3.8) is 0 Å². The number of thioether (sulfide) groups is 1. The van der Waals surface area contributed by atoms with Crippen LogP contribution >= 0.6 is 11.8 Å². The summed E-state index contributed by atoms with van der Waals surface area (Å²) in [6, 6.07) is 11.7. The van der Waals surface area contributed by atoms with Crippen LogP contribution in [0.5, 0.6) is 5.75 Å². The number of benzene rings is 1. The lowest BCUT2D eigenvalue weighted by Gasteiger charge is -2.32. The third-order valence-electron chi connectivity index (χ3n) is 4.08. The predicted molar refractivity (Wildman–Crippen MR) is 96.6 cm³/mol. The summed E-state index contributed by atoms with van der Waals surface area (Å²) in [4.78, 5) is 19.9. The lowest BCUT2D eigenvalue weighted by atomic mass is 10.1. The zero-order valence-corrected chi connectivity index (χ0v) is 14.7. The molecule has 2 heterocycles. The average Bonchev–Trinajstić information content (AvgIpc) is 2.63. The van der Waals surface area contributed by atoms with Gasteiger partial charge in [0.2, 0.25) is 0 Å². The molecule has 0 aliphatic carbocycles. The molecule has 0 saturated carbocycles. The molecule has 1 aliphatic heterocycles. The van der Waals surface area contributed by atoms with Crippen LogP contribution in [0.3, 0.4) is 0 Å². The Bertz CT molecular complexity index is 670. The van der Waals surface area contributed by atoms with Gasteiger partial charge in [0.25, 0.3) is 5.91 Å². The van der Waals surface area contributed by atoms with Crippen LogP contribution in [0, 0.1) is 0 Å². The molecule has 2 aromatic rings. The second-order valence-corrected chi connectivity index (χ2v) is 7.03. The Morgan fingerprint density at radius 1 is 1.25 bits per heavy atom. The number of pyridine rings is 1. The van der Waals surface area contributed by atoms with E-state index in [9.17, 15) is 4.79 Å². The average molecular weight is 342 g/mol. The van der Waals surface area contributed by atoms with E-state index < -0.39 is 0 Å². The number of carbonyl (C=O) groups excluding carboxylic acids is 1. The Balaban J connectivity index is 1.59. The lowest BCUT2D eigenvalue weighted by molar-refractivity contribution is 0.0592. The summed E-state index contributed by atoms with van der Waals surface area (Å²) in [6.45, 7) is 3.57. The maximum Gasteiger partial charge on any atom is 0.254 e. The van der Waals surface area contributed by atoms with Crippen LogP contribution in [-0.4, -0.2) is 40.7 Å². The first-order valence-electron chi connectivity index (χ1n) is 8.35. The van der Waals surface area contributed by atoms with Crippen LogP contribution in [0.4, 0.5) is 0 Å². The number of likely N-dealkylation sites (tertiary alicyclic amines) is 1. The van der Waals surface area contributed by atoms with Gasteiger partial charge in [-0.05, 0) is 30.0 Å². The topological polar surface area (TPSA) is 42.4 Å². The number of rotatable bonds is 5. The standard InChI is InChI=1S/C19H22N2O2S/c1-2-24-18-8-4-3-7-17(18)19(22)21-12-9-15(10-13-21)23-16-6-5-11-20-14-16/h3-8,11,14-15H,2,9-10,12-13H2,1H3. The normalized spacial score (nSPS) is 15.3. The Morgan fingerprint density at radius 3 is 2.75 bits per heavy atom. The van der Waals surface area contributed by atoms with Crippen molar-refractivity contribution in [3.8, 4) is 5.75 Å². The molecule has 5 heteroatoms. The van der Waals surface area contributed by atoms with Crippen LogP contribution in [0.2, 0.25) is 0 Å². The van der Waals surface area contributed by atoms with Crippen molar-refractivity contribution in [2.45, 2.75) is 30.8 Å². The molecule has 0 spiro atoms. The fourth-order valence-corrected chi connectivity index (χ4v) is 3.68. The molecule has 126 valence electrons. The van der Waals surface area contributed by atoms with E-state index in [1.807, 2.05) is 41.3 Å². The van der Waals surface area contributed by atoms with E-state index in [4.69, 9.17) is 4.74 Å². The molecule has 4 nitrogen and oxygen atoms in total. The van der Waals surface area contributed by atoms with Gasteiger partial charge in [-0.2, -0.15) is 0 Å². The quantitative estimate of drug-likeness (QED) is 0.774. The highest BCUT2D eigenvalue weighted by atomic mass is 32.2. The van der Waals surface area contributed by atoms with Crippen LogP contribution < -0.4 is 4.74 Å². The monoisotopic (exact) mass is 342 g/mol. The van der Waals surface area contributed by atoms with E-state index in [1.54, 1.807) is 24.2 Å². The van der Waals surface area contributed by atoms with E-state index in [2.05, 4.69) is 11.9 Å². The summed E-state index contributed by atoms with van der Waals surface area (Å²) < 4.78 is 5.95.